The Morgan fingerprint density at radius 2 is 1.96 bits per heavy atom. The molecule has 0 fully saturated rings. The number of carbonyl (C=O) groups is 2. The van der Waals surface area contributed by atoms with Crippen molar-refractivity contribution >= 4 is 46.7 Å². The highest BCUT2D eigenvalue weighted by Crippen LogP contribution is 2.28. The molecule has 0 bridgehead atoms. The number of aliphatic carboxylic acids is 1. The minimum Gasteiger partial charge on any atom is -0.480 e. The molecule has 11 heteroatoms. The summed E-state index contributed by atoms with van der Waals surface area (Å²) >= 11 is 7.12. The Hall–Kier alpha value is -2.85. The zero-order valence-corrected chi connectivity index (χ0v) is 15.7. The molecule has 0 heterocycles. The summed E-state index contributed by atoms with van der Waals surface area (Å²) < 4.78 is 13.1. The predicted molar refractivity (Wildman–Crippen MR) is 103 cm³/mol. The van der Waals surface area contributed by atoms with Gasteiger partial charge >= 0.3 is 11.9 Å². The van der Waals surface area contributed by atoms with Crippen LogP contribution in [0.4, 0.5) is 15.8 Å². The molecule has 0 aliphatic heterocycles. The highest BCUT2D eigenvalue weighted by Gasteiger charge is 2.23. The molecule has 0 saturated carbocycles. The Labute approximate surface area is 167 Å². The lowest BCUT2D eigenvalue weighted by molar-refractivity contribution is -0.384. The molecule has 0 aromatic heterocycles. The van der Waals surface area contributed by atoms with Gasteiger partial charge in [-0.15, -0.1) is 0 Å². The van der Waals surface area contributed by atoms with Gasteiger partial charge in [-0.25, -0.2) is 14.0 Å². The SMILES string of the molecule is O=C(O)c1ccc(NC(CSCc2ccc(F)cc2Cl)C(=O)O)c([N+](=O)[O-])c1. The van der Waals surface area contributed by atoms with E-state index in [1.54, 1.807) is 0 Å². The maximum absolute atomic E-state index is 13.1. The number of hydrogen-bond acceptors (Lipinski definition) is 6. The number of rotatable bonds is 9. The summed E-state index contributed by atoms with van der Waals surface area (Å²) in [6.07, 6.45) is 0. The summed E-state index contributed by atoms with van der Waals surface area (Å²) in [5, 5.41) is 32.3. The summed E-state index contributed by atoms with van der Waals surface area (Å²) in [5.41, 5.74) is -0.320. The highest BCUT2D eigenvalue weighted by atomic mass is 35.5. The van der Waals surface area contributed by atoms with Crippen molar-refractivity contribution in [3.8, 4) is 0 Å². The highest BCUT2D eigenvalue weighted by molar-refractivity contribution is 7.98. The number of nitro groups is 1. The van der Waals surface area contributed by atoms with Gasteiger partial charge in [0.2, 0.25) is 0 Å². The van der Waals surface area contributed by atoms with E-state index in [9.17, 15) is 29.2 Å². The molecular formula is C17H14ClFN2O6S. The van der Waals surface area contributed by atoms with Gasteiger partial charge in [0.15, 0.2) is 0 Å². The summed E-state index contributed by atoms with van der Waals surface area (Å²) in [7, 11) is 0. The van der Waals surface area contributed by atoms with Gasteiger partial charge in [-0.05, 0) is 29.8 Å². The molecular weight excluding hydrogens is 415 g/mol. The summed E-state index contributed by atoms with van der Waals surface area (Å²) in [6.45, 7) is 0. The standard InChI is InChI=1S/C17H14ClFN2O6S/c18-12-6-11(19)3-1-10(12)7-28-8-14(17(24)25)20-13-4-2-9(16(22)23)5-15(13)21(26)27/h1-6,14,20H,7-8H2,(H,22,23)(H,24,25). The summed E-state index contributed by atoms with van der Waals surface area (Å²) in [6, 6.07) is 5.85. The molecule has 0 aliphatic rings. The van der Waals surface area contributed by atoms with Crippen molar-refractivity contribution in [3.05, 3.63) is 68.5 Å². The zero-order valence-electron chi connectivity index (χ0n) is 14.1. The van der Waals surface area contributed by atoms with Crippen molar-refractivity contribution in [1.29, 1.82) is 0 Å². The smallest absolute Gasteiger partial charge is 0.335 e. The van der Waals surface area contributed by atoms with Gasteiger partial charge in [-0.3, -0.25) is 10.1 Å². The molecule has 0 aliphatic carbocycles. The van der Waals surface area contributed by atoms with Gasteiger partial charge in [0.25, 0.3) is 5.69 Å². The first-order valence-electron chi connectivity index (χ1n) is 7.71. The van der Waals surface area contributed by atoms with Gasteiger partial charge in [0, 0.05) is 22.6 Å². The van der Waals surface area contributed by atoms with Crippen LogP contribution in [0.2, 0.25) is 5.02 Å². The molecule has 0 saturated heterocycles. The quantitative estimate of drug-likeness (QED) is 0.405. The van der Waals surface area contributed by atoms with Crippen molar-refractivity contribution < 1.29 is 29.1 Å². The molecule has 3 N–H and O–H groups in total. The van der Waals surface area contributed by atoms with Gasteiger partial charge < -0.3 is 15.5 Å². The first-order valence-corrected chi connectivity index (χ1v) is 9.25. The Morgan fingerprint density at radius 1 is 1.25 bits per heavy atom. The van der Waals surface area contributed by atoms with Crippen LogP contribution >= 0.6 is 23.4 Å². The molecule has 1 unspecified atom stereocenters. The number of aromatic carboxylic acids is 1. The fraction of sp³-hybridized carbons (Fsp3) is 0.176. The first kappa shape index (κ1) is 21.5. The average molecular weight is 429 g/mol. The number of nitrogens with zero attached hydrogens (tertiary/aromatic N) is 1. The Morgan fingerprint density at radius 3 is 2.54 bits per heavy atom. The third-order valence-corrected chi connectivity index (χ3v) is 5.06. The van der Waals surface area contributed by atoms with E-state index in [2.05, 4.69) is 5.32 Å². The second-order valence-corrected chi connectivity index (χ2v) is 7.02. The van der Waals surface area contributed by atoms with Crippen molar-refractivity contribution in [2.45, 2.75) is 11.8 Å². The van der Waals surface area contributed by atoms with E-state index >= 15 is 0 Å². The van der Waals surface area contributed by atoms with Crippen LogP contribution in [0.1, 0.15) is 15.9 Å². The van der Waals surface area contributed by atoms with Crippen LogP contribution in [0.25, 0.3) is 0 Å². The van der Waals surface area contributed by atoms with Crippen LogP contribution < -0.4 is 5.32 Å². The normalized spacial score (nSPS) is 11.6. The number of carboxylic acids is 2. The van der Waals surface area contributed by atoms with Crippen molar-refractivity contribution in [2.75, 3.05) is 11.1 Å². The minimum absolute atomic E-state index is 0.0286. The molecule has 8 nitrogen and oxygen atoms in total. The van der Waals surface area contributed by atoms with Crippen LogP contribution in [0.5, 0.6) is 0 Å². The van der Waals surface area contributed by atoms with E-state index in [1.165, 1.54) is 23.9 Å². The van der Waals surface area contributed by atoms with Crippen LogP contribution in [-0.2, 0) is 10.5 Å². The number of anilines is 1. The number of nitrogens with one attached hydrogen (secondary N) is 1. The Kier molecular flexibility index (Phi) is 7.18. The van der Waals surface area contributed by atoms with E-state index in [0.717, 1.165) is 24.3 Å². The maximum Gasteiger partial charge on any atom is 0.335 e. The van der Waals surface area contributed by atoms with E-state index in [1.807, 2.05) is 0 Å². The third kappa shape index (κ3) is 5.57. The zero-order chi connectivity index (χ0) is 20.8. The number of nitro benzene ring substituents is 1. The van der Waals surface area contributed by atoms with Gasteiger partial charge in [-0.1, -0.05) is 17.7 Å². The number of thioether (sulfide) groups is 1. The third-order valence-electron chi connectivity index (χ3n) is 3.63. The lowest BCUT2D eigenvalue weighted by Gasteiger charge is -2.16. The minimum atomic E-state index is -1.34. The average Bonchev–Trinajstić information content (AvgIpc) is 2.62. The molecule has 28 heavy (non-hydrogen) atoms. The molecule has 2 aromatic carbocycles. The Bertz CT molecular complexity index is 927. The van der Waals surface area contributed by atoms with Gasteiger partial charge in [0.1, 0.15) is 17.5 Å². The molecule has 2 aromatic rings. The van der Waals surface area contributed by atoms with Crippen LogP contribution in [0.15, 0.2) is 36.4 Å². The van der Waals surface area contributed by atoms with Crippen molar-refractivity contribution in [2.24, 2.45) is 0 Å². The number of benzene rings is 2. The van der Waals surface area contributed by atoms with Crippen molar-refractivity contribution in [1.82, 2.24) is 0 Å². The lowest BCUT2D eigenvalue weighted by Crippen LogP contribution is -2.32. The number of halogens is 2. The summed E-state index contributed by atoms with van der Waals surface area (Å²) in [5.74, 6) is -2.72. The maximum atomic E-state index is 13.1. The fourth-order valence-electron chi connectivity index (χ4n) is 2.23. The van der Waals surface area contributed by atoms with Crippen LogP contribution in [0.3, 0.4) is 0 Å². The number of hydrogen-bond donors (Lipinski definition) is 3. The molecule has 2 rings (SSSR count). The molecule has 0 amide bonds. The molecule has 148 valence electrons. The molecule has 1 atom stereocenters. The van der Waals surface area contributed by atoms with E-state index < -0.39 is 34.4 Å². The monoisotopic (exact) mass is 428 g/mol. The topological polar surface area (TPSA) is 130 Å². The largest absolute Gasteiger partial charge is 0.480 e. The van der Waals surface area contributed by atoms with E-state index in [0.29, 0.717) is 11.3 Å². The summed E-state index contributed by atoms with van der Waals surface area (Å²) in [4.78, 5) is 32.9. The van der Waals surface area contributed by atoms with Gasteiger partial charge in [-0.2, -0.15) is 11.8 Å². The first-order chi connectivity index (χ1) is 13.2. The molecule has 0 radical (unpaired) electrons. The van der Waals surface area contributed by atoms with Crippen LogP contribution in [0, 0.1) is 15.9 Å². The molecule has 0 spiro atoms. The van der Waals surface area contributed by atoms with E-state index in [-0.39, 0.29) is 22.0 Å². The second kappa shape index (κ2) is 9.38. The number of carboxylic acid groups (broad SMARTS) is 2. The second-order valence-electron chi connectivity index (χ2n) is 5.58. The van der Waals surface area contributed by atoms with Gasteiger partial charge in [0.05, 0.1) is 10.5 Å². The Balaban J connectivity index is 2.11. The fourth-order valence-corrected chi connectivity index (χ4v) is 3.59. The van der Waals surface area contributed by atoms with E-state index in [4.69, 9.17) is 16.7 Å². The lowest BCUT2D eigenvalue weighted by atomic mass is 10.1. The predicted octanol–water partition coefficient (Wildman–Crippen LogP) is 3.88. The van der Waals surface area contributed by atoms with Crippen LogP contribution in [-0.4, -0.2) is 38.9 Å². The van der Waals surface area contributed by atoms with Crippen molar-refractivity contribution in [3.63, 3.8) is 0 Å².